The Kier molecular flexibility index (Phi) is 10.1. The average Bonchev–Trinajstić information content (AvgIpc) is 2.70. The average molecular weight is 458 g/mol. The van der Waals surface area contributed by atoms with Crippen LogP contribution in [-0.2, 0) is 0 Å². The monoisotopic (exact) mass is 457 g/mol. The van der Waals surface area contributed by atoms with Crippen molar-refractivity contribution in [1.29, 1.82) is 0 Å². The minimum absolute atomic E-state index is 0.0419. The van der Waals surface area contributed by atoms with Gasteiger partial charge < -0.3 is 19.3 Å². The van der Waals surface area contributed by atoms with E-state index in [0.717, 1.165) is 22.0 Å². The first kappa shape index (κ1) is 26.2. The van der Waals surface area contributed by atoms with E-state index in [0.29, 0.717) is 63.0 Å². The standard InChI is InChI=1S/C27H39O4P/c1-17(2)14-29-22-12-23(30-15-18(3)4)26(24(13-22)31-16-19(5)6)32-27(28)25-20(7)10-9-11-21(25)8/h9-13,17-19,28H,14-16H2,1-8H3/p-1. The summed E-state index contributed by atoms with van der Waals surface area (Å²) in [5, 5.41) is 14.1. The Hall–Kier alpha value is -2.03. The molecule has 0 aliphatic heterocycles. The topological polar surface area (TPSA) is 50.8 Å². The molecule has 0 bridgehead atoms. The van der Waals surface area contributed by atoms with Crippen LogP contribution in [0.25, 0.3) is 0 Å². The molecule has 0 unspecified atom stereocenters. The quantitative estimate of drug-likeness (QED) is 0.417. The zero-order chi connectivity index (χ0) is 23.8. The van der Waals surface area contributed by atoms with E-state index in [1.807, 2.05) is 44.2 Å². The Morgan fingerprint density at radius 2 is 1.22 bits per heavy atom. The van der Waals surface area contributed by atoms with Crippen LogP contribution in [0.4, 0.5) is 0 Å². The minimum atomic E-state index is 0.0419. The van der Waals surface area contributed by atoms with Crippen molar-refractivity contribution in [3.8, 4) is 17.2 Å². The number of ether oxygens (including phenoxy) is 3. The zero-order valence-electron chi connectivity index (χ0n) is 20.8. The molecule has 0 aliphatic carbocycles. The lowest BCUT2D eigenvalue weighted by Gasteiger charge is -2.22. The Bertz CT molecular complexity index is 863. The van der Waals surface area contributed by atoms with Crippen molar-refractivity contribution >= 4 is 19.0 Å². The summed E-state index contributed by atoms with van der Waals surface area (Å²) in [7, 11) is 0.536. The maximum atomic E-state index is 13.4. The van der Waals surface area contributed by atoms with Crippen molar-refractivity contribution in [2.75, 3.05) is 19.8 Å². The van der Waals surface area contributed by atoms with Gasteiger partial charge in [0, 0.05) is 12.1 Å². The summed E-state index contributed by atoms with van der Waals surface area (Å²) in [6, 6.07) is 9.73. The summed E-state index contributed by atoms with van der Waals surface area (Å²) in [5.41, 5.74) is 2.77. The van der Waals surface area contributed by atoms with Gasteiger partial charge in [0.1, 0.15) is 17.2 Å². The van der Waals surface area contributed by atoms with Crippen molar-refractivity contribution in [1.82, 2.24) is 0 Å². The Labute approximate surface area is 195 Å². The van der Waals surface area contributed by atoms with Crippen LogP contribution in [0.3, 0.4) is 0 Å². The SMILES string of the molecule is Cc1cccc(C)c1C([O-])=Pc1c(OCC(C)C)cc(OCC(C)C)cc1OCC(C)C. The molecule has 2 aromatic rings. The molecule has 0 fully saturated rings. The van der Waals surface area contributed by atoms with E-state index in [9.17, 15) is 5.11 Å². The summed E-state index contributed by atoms with van der Waals surface area (Å²) in [4.78, 5) is 0. The number of aryl methyl sites for hydroxylation is 2. The summed E-state index contributed by atoms with van der Waals surface area (Å²) in [6.07, 6.45) is 0. The highest BCUT2D eigenvalue weighted by molar-refractivity contribution is 7.49. The molecular formula is C27H38O4P-. The summed E-state index contributed by atoms with van der Waals surface area (Å²) in [5.74, 6) is 3.12. The van der Waals surface area contributed by atoms with Crippen LogP contribution in [0.5, 0.6) is 17.2 Å². The zero-order valence-corrected chi connectivity index (χ0v) is 21.7. The van der Waals surface area contributed by atoms with Crippen LogP contribution >= 0.6 is 8.20 Å². The van der Waals surface area contributed by atoms with Gasteiger partial charge in [-0.1, -0.05) is 67.9 Å². The second-order valence-electron chi connectivity index (χ2n) is 9.57. The highest BCUT2D eigenvalue weighted by atomic mass is 31.1. The van der Waals surface area contributed by atoms with Crippen molar-refractivity contribution in [3.63, 3.8) is 0 Å². The lowest BCUT2D eigenvalue weighted by Crippen LogP contribution is -2.22. The Balaban J connectivity index is 2.61. The second-order valence-corrected chi connectivity index (χ2v) is 10.6. The van der Waals surface area contributed by atoms with Crippen molar-refractivity contribution in [2.24, 2.45) is 17.8 Å². The maximum absolute atomic E-state index is 13.4. The number of hydrogen-bond donors (Lipinski definition) is 0. The van der Waals surface area contributed by atoms with E-state index in [2.05, 4.69) is 41.5 Å². The molecule has 32 heavy (non-hydrogen) atoms. The van der Waals surface area contributed by atoms with Crippen LogP contribution in [0, 0.1) is 31.6 Å². The van der Waals surface area contributed by atoms with Gasteiger partial charge in [0.25, 0.3) is 0 Å². The Morgan fingerprint density at radius 3 is 1.66 bits per heavy atom. The summed E-state index contributed by atoms with van der Waals surface area (Å²) in [6.45, 7) is 18.3. The highest BCUT2D eigenvalue weighted by Crippen LogP contribution is 2.32. The molecule has 0 radical (unpaired) electrons. The van der Waals surface area contributed by atoms with E-state index >= 15 is 0 Å². The summed E-state index contributed by atoms with van der Waals surface area (Å²) < 4.78 is 18.3. The molecule has 2 rings (SSSR count). The van der Waals surface area contributed by atoms with Crippen molar-refractivity contribution in [3.05, 3.63) is 47.0 Å². The van der Waals surface area contributed by atoms with Crippen LogP contribution in [0.15, 0.2) is 30.3 Å². The third-order valence-electron chi connectivity index (χ3n) is 4.65. The molecule has 0 saturated carbocycles. The molecule has 0 N–H and O–H groups in total. The van der Waals surface area contributed by atoms with Gasteiger partial charge >= 0.3 is 0 Å². The minimum Gasteiger partial charge on any atom is -0.823 e. The smallest absolute Gasteiger partial charge is 0.138 e. The molecule has 0 spiro atoms. The fourth-order valence-corrected chi connectivity index (χ4v) is 4.20. The van der Waals surface area contributed by atoms with Crippen LogP contribution < -0.4 is 24.6 Å². The van der Waals surface area contributed by atoms with Gasteiger partial charge in [-0.15, -0.1) is 5.48 Å². The molecule has 4 nitrogen and oxygen atoms in total. The van der Waals surface area contributed by atoms with Crippen molar-refractivity contribution < 1.29 is 19.3 Å². The van der Waals surface area contributed by atoms with Gasteiger partial charge in [-0.05, 0) is 48.3 Å². The van der Waals surface area contributed by atoms with Gasteiger partial charge in [-0.25, -0.2) is 0 Å². The molecule has 2 aromatic carbocycles. The fraction of sp³-hybridized carbons (Fsp3) is 0.519. The van der Waals surface area contributed by atoms with E-state index < -0.39 is 0 Å². The lowest BCUT2D eigenvalue weighted by atomic mass is 10.0. The van der Waals surface area contributed by atoms with E-state index in [-0.39, 0.29) is 5.48 Å². The largest absolute Gasteiger partial charge is 0.823 e. The number of benzene rings is 2. The normalized spacial score (nSPS) is 12.1. The molecule has 0 atom stereocenters. The molecule has 0 heterocycles. The molecule has 0 aromatic heterocycles. The first-order chi connectivity index (χ1) is 15.1. The Morgan fingerprint density at radius 1 is 0.781 bits per heavy atom. The van der Waals surface area contributed by atoms with Crippen LogP contribution in [-0.4, -0.2) is 25.3 Å². The van der Waals surface area contributed by atoms with E-state index in [1.54, 1.807) is 0 Å². The van der Waals surface area contributed by atoms with Crippen LogP contribution in [0.1, 0.15) is 58.2 Å². The predicted molar refractivity (Wildman–Crippen MR) is 134 cm³/mol. The van der Waals surface area contributed by atoms with Gasteiger partial charge in [-0.3, -0.25) is 0 Å². The maximum Gasteiger partial charge on any atom is 0.138 e. The molecule has 0 aliphatic rings. The highest BCUT2D eigenvalue weighted by Gasteiger charge is 2.16. The molecule has 176 valence electrons. The van der Waals surface area contributed by atoms with Gasteiger partial charge in [-0.2, -0.15) is 0 Å². The van der Waals surface area contributed by atoms with Crippen molar-refractivity contribution in [2.45, 2.75) is 55.4 Å². The molecule has 0 saturated heterocycles. The van der Waals surface area contributed by atoms with Gasteiger partial charge in [0.05, 0.1) is 25.1 Å². The predicted octanol–water partition coefficient (Wildman–Crippen LogP) is 5.52. The van der Waals surface area contributed by atoms with Gasteiger partial charge in [0.2, 0.25) is 0 Å². The molecule has 5 heteroatoms. The lowest BCUT2D eigenvalue weighted by molar-refractivity contribution is -0.207. The fourth-order valence-electron chi connectivity index (χ4n) is 3.06. The second kappa shape index (κ2) is 12.3. The summed E-state index contributed by atoms with van der Waals surface area (Å²) >= 11 is 0. The van der Waals surface area contributed by atoms with Crippen LogP contribution in [0.2, 0.25) is 0 Å². The third kappa shape index (κ3) is 7.83. The number of hydrogen-bond acceptors (Lipinski definition) is 4. The third-order valence-corrected chi connectivity index (χ3v) is 5.74. The van der Waals surface area contributed by atoms with E-state index in [1.165, 1.54) is 0 Å². The molecular weight excluding hydrogens is 419 g/mol. The van der Waals surface area contributed by atoms with E-state index in [4.69, 9.17) is 14.2 Å². The molecule has 0 amide bonds. The first-order valence-electron chi connectivity index (χ1n) is 11.5. The number of rotatable bonds is 11. The first-order valence-corrected chi connectivity index (χ1v) is 12.4. The van der Waals surface area contributed by atoms with Gasteiger partial charge in [0.15, 0.2) is 0 Å².